The normalized spacial score (nSPS) is 15.1. The van der Waals surface area contributed by atoms with E-state index in [1.165, 1.54) is 5.01 Å². The van der Waals surface area contributed by atoms with Crippen molar-refractivity contribution in [2.45, 2.75) is 57.8 Å². The number of nitrogens with zero attached hydrogens (tertiary/aromatic N) is 2. The van der Waals surface area contributed by atoms with E-state index < -0.39 is 5.97 Å². The van der Waals surface area contributed by atoms with Crippen molar-refractivity contribution in [1.82, 2.24) is 5.01 Å². The molecule has 1 saturated heterocycles. The molecule has 0 radical (unpaired) electrons. The van der Waals surface area contributed by atoms with Crippen molar-refractivity contribution in [3.63, 3.8) is 0 Å². The molecule has 20 heavy (non-hydrogen) atoms. The Balaban J connectivity index is 1.86. The molecule has 0 aromatic heterocycles. The van der Waals surface area contributed by atoms with E-state index in [0.29, 0.717) is 6.54 Å². The van der Waals surface area contributed by atoms with Gasteiger partial charge in [0.2, 0.25) is 0 Å². The van der Waals surface area contributed by atoms with Gasteiger partial charge in [-0.2, -0.15) is 0 Å². The maximum atomic E-state index is 11.3. The molecule has 0 aromatic carbocycles. The zero-order valence-electron chi connectivity index (χ0n) is 11.8. The predicted octanol–water partition coefficient (Wildman–Crippen LogP) is 3.40. The van der Waals surface area contributed by atoms with Gasteiger partial charge in [0.1, 0.15) is 4.87 Å². The van der Waals surface area contributed by atoms with Gasteiger partial charge in [0.25, 0.3) is 5.88 Å². The van der Waals surface area contributed by atoms with Crippen LogP contribution in [0.25, 0.3) is 0 Å². The van der Waals surface area contributed by atoms with Gasteiger partial charge in [0.05, 0.1) is 11.5 Å². The number of hydrogen-bond acceptors (Lipinski definition) is 4. The Hall–Kier alpha value is -1.11. The Morgan fingerprint density at radius 2 is 1.65 bits per heavy atom. The third-order valence-corrected chi connectivity index (χ3v) is 4.10. The molecule has 0 aliphatic carbocycles. The number of carbonyl (C=O) groups is 2. The van der Waals surface area contributed by atoms with E-state index in [-0.39, 0.29) is 17.5 Å². The molecule has 0 saturated carbocycles. The second-order valence-electron chi connectivity index (χ2n) is 4.99. The molecule has 1 aliphatic heterocycles. The fraction of sp³-hybridized carbons (Fsp3) is 0.846. The molecule has 1 N–H and O–H groups in total. The SMILES string of the molecule is O=C(O)CCCCCCCCCCN1C(=O)SC[N+]1=O. The number of hydrogen-bond donors (Lipinski definition) is 1. The molecule has 6 nitrogen and oxygen atoms in total. The summed E-state index contributed by atoms with van der Waals surface area (Å²) in [6, 6.07) is 0. The van der Waals surface area contributed by atoms with Crippen LogP contribution in [0.4, 0.5) is 4.79 Å². The van der Waals surface area contributed by atoms with Crippen molar-refractivity contribution >= 4 is 23.0 Å². The Morgan fingerprint density at radius 3 is 2.15 bits per heavy atom. The van der Waals surface area contributed by atoms with Crippen LogP contribution in [0.3, 0.4) is 0 Å². The van der Waals surface area contributed by atoms with Gasteiger partial charge in [0.15, 0.2) is 0 Å². The zero-order chi connectivity index (χ0) is 14.8. The first kappa shape index (κ1) is 16.9. The number of nitroso groups, excluding NO2 is 1. The molecule has 0 aromatic rings. The van der Waals surface area contributed by atoms with Crippen molar-refractivity contribution in [3.05, 3.63) is 4.91 Å². The highest BCUT2D eigenvalue weighted by atomic mass is 32.2. The van der Waals surface area contributed by atoms with Gasteiger partial charge in [-0.1, -0.05) is 43.5 Å². The second kappa shape index (κ2) is 9.74. The minimum atomic E-state index is -0.716. The molecule has 0 bridgehead atoms. The first-order valence-electron chi connectivity index (χ1n) is 7.22. The lowest BCUT2D eigenvalue weighted by Gasteiger charge is -2.05. The van der Waals surface area contributed by atoms with Crippen LogP contribution < -0.4 is 0 Å². The average Bonchev–Trinajstić information content (AvgIpc) is 2.71. The van der Waals surface area contributed by atoms with Crippen molar-refractivity contribution in [2.24, 2.45) is 0 Å². The van der Waals surface area contributed by atoms with E-state index in [0.717, 1.165) is 68.0 Å². The third kappa shape index (κ3) is 6.88. The quantitative estimate of drug-likeness (QED) is 0.467. The van der Waals surface area contributed by atoms with Crippen LogP contribution in [-0.2, 0) is 4.79 Å². The van der Waals surface area contributed by atoms with Gasteiger partial charge in [-0.05, 0) is 12.8 Å². The second-order valence-corrected chi connectivity index (χ2v) is 5.88. The van der Waals surface area contributed by atoms with Crippen LogP contribution in [0.1, 0.15) is 57.8 Å². The molecule has 0 unspecified atom stereocenters. The van der Waals surface area contributed by atoms with Gasteiger partial charge in [-0.25, -0.2) is 0 Å². The summed E-state index contributed by atoms with van der Waals surface area (Å²) in [4.78, 5) is 33.6. The maximum absolute atomic E-state index is 11.3. The van der Waals surface area contributed by atoms with Crippen molar-refractivity contribution in [3.8, 4) is 0 Å². The van der Waals surface area contributed by atoms with Crippen molar-refractivity contribution in [1.29, 1.82) is 0 Å². The maximum Gasteiger partial charge on any atom is 0.345 e. The number of aliphatic carboxylic acids is 1. The lowest BCUT2D eigenvalue weighted by atomic mass is 10.1. The van der Waals surface area contributed by atoms with Gasteiger partial charge >= 0.3 is 11.2 Å². The summed E-state index contributed by atoms with van der Waals surface area (Å²) >= 11 is 1.05. The summed E-state index contributed by atoms with van der Waals surface area (Å²) in [5.41, 5.74) is 0. The molecule has 1 fully saturated rings. The molecular weight excluding hydrogens is 280 g/mol. The number of carbonyl (C=O) groups excluding carboxylic acids is 1. The van der Waals surface area contributed by atoms with Gasteiger partial charge in [-0.15, -0.1) is 0 Å². The number of hydrazine groups is 1. The fourth-order valence-electron chi connectivity index (χ4n) is 2.15. The molecule has 0 spiro atoms. The van der Waals surface area contributed by atoms with E-state index in [1.54, 1.807) is 0 Å². The first-order valence-corrected chi connectivity index (χ1v) is 8.20. The van der Waals surface area contributed by atoms with Crippen LogP contribution >= 0.6 is 11.8 Å². The van der Waals surface area contributed by atoms with E-state index in [9.17, 15) is 14.5 Å². The van der Waals surface area contributed by atoms with Crippen molar-refractivity contribution < 1.29 is 19.6 Å². The van der Waals surface area contributed by atoms with E-state index in [2.05, 4.69) is 0 Å². The minimum absolute atomic E-state index is 0.140. The summed E-state index contributed by atoms with van der Waals surface area (Å²) in [5, 5.41) is 9.62. The molecule has 0 atom stereocenters. The first-order chi connectivity index (χ1) is 9.61. The molecule has 1 rings (SSSR count). The molecule has 1 amide bonds. The summed E-state index contributed by atoms with van der Waals surface area (Å²) in [6.07, 6.45) is 8.37. The van der Waals surface area contributed by atoms with Gasteiger partial charge < -0.3 is 5.11 Å². The van der Waals surface area contributed by atoms with Gasteiger partial charge in [0, 0.05) is 18.2 Å². The molecule has 1 heterocycles. The highest BCUT2D eigenvalue weighted by Crippen LogP contribution is 2.19. The highest BCUT2D eigenvalue weighted by Gasteiger charge is 2.37. The fourth-order valence-corrected chi connectivity index (χ4v) is 2.84. The van der Waals surface area contributed by atoms with Crippen LogP contribution in [-0.4, -0.2) is 38.6 Å². The third-order valence-electron chi connectivity index (χ3n) is 3.29. The number of carboxylic acids is 1. The summed E-state index contributed by atoms with van der Waals surface area (Å²) < 4.78 is 0. The molecule has 7 heteroatoms. The zero-order valence-corrected chi connectivity index (χ0v) is 12.6. The highest BCUT2D eigenvalue weighted by molar-refractivity contribution is 8.13. The van der Waals surface area contributed by atoms with Crippen LogP contribution in [0.5, 0.6) is 0 Å². The Bertz CT molecular complexity index is 333. The standard InChI is InChI=1S/C13H22N2O4S/c16-12(17)9-7-5-3-1-2-4-6-8-10-14-13(18)20-11-15(14)19/h1-11H2/p+1. The summed E-state index contributed by atoms with van der Waals surface area (Å²) in [7, 11) is 0. The Labute approximate surface area is 123 Å². The Morgan fingerprint density at radius 1 is 1.10 bits per heavy atom. The number of rotatable bonds is 11. The summed E-state index contributed by atoms with van der Waals surface area (Å²) in [6.45, 7) is 0.522. The van der Waals surface area contributed by atoms with Gasteiger partial charge in [-0.3, -0.25) is 9.59 Å². The van der Waals surface area contributed by atoms with E-state index in [1.807, 2.05) is 0 Å². The monoisotopic (exact) mass is 303 g/mol. The minimum Gasteiger partial charge on any atom is -0.481 e. The average molecular weight is 303 g/mol. The van der Waals surface area contributed by atoms with Crippen molar-refractivity contribution in [2.75, 3.05) is 12.4 Å². The molecular formula is C13H23N2O4S+. The van der Waals surface area contributed by atoms with Crippen LogP contribution in [0, 0.1) is 4.91 Å². The van der Waals surface area contributed by atoms with E-state index >= 15 is 0 Å². The smallest absolute Gasteiger partial charge is 0.345 e. The Kier molecular flexibility index (Phi) is 8.25. The van der Waals surface area contributed by atoms with Crippen LogP contribution in [0.2, 0.25) is 0 Å². The predicted molar refractivity (Wildman–Crippen MR) is 77.4 cm³/mol. The van der Waals surface area contributed by atoms with E-state index in [4.69, 9.17) is 5.11 Å². The topological polar surface area (TPSA) is 77.7 Å². The van der Waals surface area contributed by atoms with Crippen LogP contribution in [0.15, 0.2) is 0 Å². The number of amides is 1. The largest absolute Gasteiger partial charge is 0.481 e. The lowest BCUT2D eigenvalue weighted by molar-refractivity contribution is -0.664. The molecule has 114 valence electrons. The number of carboxylic acid groups (broad SMARTS) is 1. The summed E-state index contributed by atoms with van der Waals surface area (Å²) in [5.74, 6) is -0.498. The number of thioether (sulfide) groups is 1. The lowest BCUT2D eigenvalue weighted by Crippen LogP contribution is -2.30. The number of unbranched alkanes of at least 4 members (excludes halogenated alkanes) is 7. The molecule has 1 aliphatic rings.